The molecule has 1 unspecified atom stereocenters. The van der Waals surface area contributed by atoms with Crippen LogP contribution in [0.3, 0.4) is 0 Å². The fourth-order valence-corrected chi connectivity index (χ4v) is 2.74. The maximum Gasteiger partial charge on any atom is 0.227 e. The molecule has 2 aromatic rings. The molecule has 1 fully saturated rings. The number of hydrogen-bond donors (Lipinski definition) is 1. The highest BCUT2D eigenvalue weighted by Crippen LogP contribution is 2.22. The van der Waals surface area contributed by atoms with Crippen LogP contribution in [-0.4, -0.2) is 30.3 Å². The molecule has 0 bridgehead atoms. The zero-order chi connectivity index (χ0) is 14.5. The average molecular weight is 324 g/mol. The quantitative estimate of drug-likeness (QED) is 0.936. The van der Waals surface area contributed by atoms with Gasteiger partial charge in [0, 0.05) is 12.0 Å². The van der Waals surface area contributed by atoms with Crippen molar-refractivity contribution < 1.29 is 9.26 Å². The van der Waals surface area contributed by atoms with Crippen molar-refractivity contribution in [1.82, 2.24) is 15.5 Å². The van der Waals surface area contributed by atoms with Gasteiger partial charge in [-0.2, -0.15) is 4.98 Å². The van der Waals surface area contributed by atoms with Gasteiger partial charge in [-0.1, -0.05) is 5.16 Å². The highest BCUT2D eigenvalue weighted by molar-refractivity contribution is 5.85. The van der Waals surface area contributed by atoms with Gasteiger partial charge < -0.3 is 14.6 Å². The minimum absolute atomic E-state index is 0. The number of benzene rings is 1. The molecule has 1 aromatic carbocycles. The molecule has 1 N–H and O–H groups in total. The normalized spacial score (nSPS) is 18.3. The van der Waals surface area contributed by atoms with Crippen molar-refractivity contribution >= 4 is 12.4 Å². The highest BCUT2D eigenvalue weighted by atomic mass is 35.5. The van der Waals surface area contributed by atoms with E-state index in [1.165, 1.54) is 19.3 Å². The van der Waals surface area contributed by atoms with Crippen molar-refractivity contribution in [3.05, 3.63) is 30.2 Å². The number of methoxy groups -OCH3 is 1. The van der Waals surface area contributed by atoms with Crippen LogP contribution in [-0.2, 0) is 6.42 Å². The standard InChI is InChI=1S/C16H21N3O2.ClH/c1-20-14-6-4-13(5-7-14)16-18-15(21-19-16)11-12-3-2-9-17-10-8-12;/h4-7,12,17H,2-3,8-11H2,1H3;1H. The van der Waals surface area contributed by atoms with E-state index in [0.717, 1.165) is 36.7 Å². The van der Waals surface area contributed by atoms with Crippen LogP contribution in [0.15, 0.2) is 28.8 Å². The smallest absolute Gasteiger partial charge is 0.227 e. The van der Waals surface area contributed by atoms with Crippen LogP contribution in [0.4, 0.5) is 0 Å². The Hall–Kier alpha value is -1.59. The number of hydrogen-bond acceptors (Lipinski definition) is 5. The summed E-state index contributed by atoms with van der Waals surface area (Å²) in [4.78, 5) is 4.52. The van der Waals surface area contributed by atoms with Gasteiger partial charge in [-0.15, -0.1) is 12.4 Å². The first-order chi connectivity index (χ1) is 10.3. The summed E-state index contributed by atoms with van der Waals surface area (Å²) in [6.07, 6.45) is 4.52. The minimum atomic E-state index is 0. The van der Waals surface area contributed by atoms with E-state index < -0.39 is 0 Å². The molecule has 0 saturated carbocycles. The molecular formula is C16H22ClN3O2. The second-order valence-corrected chi connectivity index (χ2v) is 5.49. The number of aromatic nitrogens is 2. The fourth-order valence-electron chi connectivity index (χ4n) is 2.74. The Kier molecular flexibility index (Phi) is 6.21. The Bertz CT molecular complexity index is 563. The summed E-state index contributed by atoms with van der Waals surface area (Å²) in [7, 11) is 1.66. The Morgan fingerprint density at radius 1 is 1.23 bits per heavy atom. The second-order valence-electron chi connectivity index (χ2n) is 5.49. The summed E-state index contributed by atoms with van der Waals surface area (Å²) in [5.41, 5.74) is 0.952. The summed E-state index contributed by atoms with van der Waals surface area (Å²) in [6, 6.07) is 7.71. The zero-order valence-corrected chi connectivity index (χ0v) is 13.6. The zero-order valence-electron chi connectivity index (χ0n) is 12.7. The maximum absolute atomic E-state index is 5.41. The molecular weight excluding hydrogens is 302 g/mol. The van der Waals surface area contributed by atoms with Crippen LogP contribution in [0, 0.1) is 5.92 Å². The van der Waals surface area contributed by atoms with Gasteiger partial charge in [-0.25, -0.2) is 0 Å². The molecule has 0 amide bonds. The van der Waals surface area contributed by atoms with Gasteiger partial charge in [0.15, 0.2) is 0 Å². The number of nitrogens with zero attached hydrogens (tertiary/aromatic N) is 2. The lowest BCUT2D eigenvalue weighted by atomic mass is 9.97. The monoisotopic (exact) mass is 323 g/mol. The summed E-state index contributed by atoms with van der Waals surface area (Å²) < 4.78 is 10.6. The third-order valence-corrected chi connectivity index (χ3v) is 3.97. The lowest BCUT2D eigenvalue weighted by Gasteiger charge is -2.09. The third kappa shape index (κ3) is 4.21. The Morgan fingerprint density at radius 3 is 2.82 bits per heavy atom. The molecule has 6 heteroatoms. The number of nitrogens with one attached hydrogen (secondary N) is 1. The van der Waals surface area contributed by atoms with Crippen LogP contribution in [0.25, 0.3) is 11.4 Å². The Morgan fingerprint density at radius 2 is 2.05 bits per heavy atom. The van der Waals surface area contributed by atoms with Crippen LogP contribution >= 0.6 is 12.4 Å². The third-order valence-electron chi connectivity index (χ3n) is 3.97. The summed E-state index contributed by atoms with van der Waals surface area (Å²) >= 11 is 0. The maximum atomic E-state index is 5.41. The Labute approximate surface area is 136 Å². The predicted octanol–water partition coefficient (Wildman–Crippen LogP) is 3.10. The van der Waals surface area contributed by atoms with Crippen molar-refractivity contribution in [2.45, 2.75) is 25.7 Å². The Balaban J connectivity index is 0.00000176. The minimum Gasteiger partial charge on any atom is -0.497 e. The van der Waals surface area contributed by atoms with Crippen molar-refractivity contribution in [2.24, 2.45) is 5.92 Å². The first-order valence-corrected chi connectivity index (χ1v) is 7.53. The van der Waals surface area contributed by atoms with E-state index in [1.807, 2.05) is 24.3 Å². The molecule has 1 aliphatic heterocycles. The van der Waals surface area contributed by atoms with Crippen LogP contribution < -0.4 is 10.1 Å². The van der Waals surface area contributed by atoms with E-state index in [4.69, 9.17) is 9.26 Å². The van der Waals surface area contributed by atoms with Gasteiger partial charge in [0.05, 0.1) is 7.11 Å². The number of ether oxygens (including phenoxy) is 1. The van der Waals surface area contributed by atoms with Crippen LogP contribution in [0.2, 0.25) is 0 Å². The number of halogens is 1. The average Bonchev–Trinajstić information content (AvgIpc) is 2.83. The molecule has 0 aliphatic carbocycles. The van der Waals surface area contributed by atoms with Gasteiger partial charge in [-0.3, -0.25) is 0 Å². The van der Waals surface area contributed by atoms with E-state index >= 15 is 0 Å². The summed E-state index contributed by atoms with van der Waals surface area (Å²) in [5.74, 6) is 2.87. The molecule has 5 nitrogen and oxygen atoms in total. The van der Waals surface area contributed by atoms with E-state index in [9.17, 15) is 0 Å². The molecule has 1 saturated heterocycles. The van der Waals surface area contributed by atoms with E-state index in [2.05, 4.69) is 15.5 Å². The highest BCUT2D eigenvalue weighted by Gasteiger charge is 2.17. The SMILES string of the molecule is COc1ccc(-c2noc(CC3CCCNCC3)n2)cc1.Cl. The molecule has 1 atom stereocenters. The number of rotatable bonds is 4. The molecule has 0 radical (unpaired) electrons. The lowest BCUT2D eigenvalue weighted by molar-refractivity contribution is 0.341. The topological polar surface area (TPSA) is 60.2 Å². The lowest BCUT2D eigenvalue weighted by Crippen LogP contribution is -2.14. The van der Waals surface area contributed by atoms with E-state index in [0.29, 0.717) is 11.7 Å². The van der Waals surface area contributed by atoms with Crippen LogP contribution in [0.1, 0.15) is 25.2 Å². The van der Waals surface area contributed by atoms with Crippen molar-refractivity contribution in [1.29, 1.82) is 0 Å². The predicted molar refractivity (Wildman–Crippen MR) is 87.4 cm³/mol. The van der Waals surface area contributed by atoms with E-state index in [-0.39, 0.29) is 12.4 Å². The van der Waals surface area contributed by atoms with Crippen molar-refractivity contribution in [3.63, 3.8) is 0 Å². The van der Waals surface area contributed by atoms with Crippen molar-refractivity contribution in [2.75, 3.05) is 20.2 Å². The molecule has 22 heavy (non-hydrogen) atoms. The summed E-state index contributed by atoms with van der Waals surface area (Å²) in [5, 5.41) is 7.51. The molecule has 120 valence electrons. The molecule has 2 heterocycles. The summed E-state index contributed by atoms with van der Waals surface area (Å²) in [6.45, 7) is 2.21. The fraction of sp³-hybridized carbons (Fsp3) is 0.500. The molecule has 0 spiro atoms. The van der Waals surface area contributed by atoms with E-state index in [1.54, 1.807) is 7.11 Å². The molecule has 3 rings (SSSR count). The van der Waals surface area contributed by atoms with Gasteiger partial charge >= 0.3 is 0 Å². The molecule has 1 aromatic heterocycles. The molecule has 1 aliphatic rings. The first kappa shape index (κ1) is 16.8. The largest absolute Gasteiger partial charge is 0.497 e. The van der Waals surface area contributed by atoms with Gasteiger partial charge in [-0.05, 0) is 62.5 Å². The van der Waals surface area contributed by atoms with Crippen molar-refractivity contribution in [3.8, 4) is 17.1 Å². The first-order valence-electron chi connectivity index (χ1n) is 7.53. The van der Waals surface area contributed by atoms with Gasteiger partial charge in [0.1, 0.15) is 5.75 Å². The second kappa shape index (κ2) is 8.15. The van der Waals surface area contributed by atoms with Gasteiger partial charge in [0.2, 0.25) is 11.7 Å². The van der Waals surface area contributed by atoms with Crippen LogP contribution in [0.5, 0.6) is 5.75 Å². The van der Waals surface area contributed by atoms with Gasteiger partial charge in [0.25, 0.3) is 0 Å².